The van der Waals surface area contributed by atoms with E-state index in [-0.39, 0.29) is 12.7 Å². The van der Waals surface area contributed by atoms with Crippen LogP contribution in [0.2, 0.25) is 0 Å². The summed E-state index contributed by atoms with van der Waals surface area (Å²) in [7, 11) is 0.497. The van der Waals surface area contributed by atoms with Gasteiger partial charge in [-0.3, -0.25) is 0 Å². The lowest BCUT2D eigenvalue weighted by Gasteiger charge is -2.13. The van der Waals surface area contributed by atoms with E-state index in [1.807, 2.05) is 18.2 Å². The molecule has 0 amide bonds. The molecule has 0 bridgehead atoms. The smallest absolute Gasteiger partial charge is 0.313 e. The third-order valence-corrected chi connectivity index (χ3v) is 3.28. The van der Waals surface area contributed by atoms with Crippen molar-refractivity contribution in [3.05, 3.63) is 23.8 Å². The molecule has 3 N–H and O–H groups in total. The molecule has 0 aromatic heterocycles. The van der Waals surface area contributed by atoms with Crippen molar-refractivity contribution >= 4 is 24.7 Å². The highest BCUT2D eigenvalue weighted by Gasteiger charge is 2.26. The van der Waals surface area contributed by atoms with Gasteiger partial charge in [-0.1, -0.05) is 12.1 Å². The van der Waals surface area contributed by atoms with Crippen LogP contribution < -0.4 is 15.0 Å². The normalized spacial score (nSPS) is 18.8. The van der Waals surface area contributed by atoms with E-state index in [4.69, 9.17) is 26.3 Å². The summed E-state index contributed by atoms with van der Waals surface area (Å²) in [4.78, 5) is 2.58. The zero-order valence-electron chi connectivity index (χ0n) is 10.5. The van der Waals surface area contributed by atoms with E-state index in [9.17, 15) is 5.11 Å². The van der Waals surface area contributed by atoms with Crippen LogP contribution in [0.4, 0.5) is 0 Å². The Labute approximate surface area is 117 Å². The summed E-state index contributed by atoms with van der Waals surface area (Å²) in [5.41, 5.74) is 2.10. The minimum atomic E-state index is -0.735. The molecular formula is C12H17BClNO4. The summed E-state index contributed by atoms with van der Waals surface area (Å²) in [6.45, 7) is 0.653. The second kappa shape index (κ2) is 7.12. The third kappa shape index (κ3) is 3.61. The van der Waals surface area contributed by atoms with Gasteiger partial charge >= 0.3 is 7.48 Å². The Hall–Kier alpha value is -0.785. The second-order valence-electron chi connectivity index (χ2n) is 4.43. The Morgan fingerprint density at radius 1 is 1.53 bits per heavy atom. The standard InChI is InChI=1S/C12H17BClNO4/c14-15-6-11-9-2-1-3-10(12(9)13-19-11)18-5-4-8(17)7-16/h1-3,8,11,13,15-17H,4-7H2/t8-,11?/m1/s1. The fourth-order valence-electron chi connectivity index (χ4n) is 2.08. The summed E-state index contributed by atoms with van der Waals surface area (Å²) < 4.78 is 11.3. The van der Waals surface area contributed by atoms with E-state index in [0.29, 0.717) is 27.1 Å². The Morgan fingerprint density at radius 2 is 2.37 bits per heavy atom. The van der Waals surface area contributed by atoms with Crippen molar-refractivity contribution in [1.29, 1.82) is 0 Å². The predicted molar refractivity (Wildman–Crippen MR) is 74.1 cm³/mol. The molecule has 0 spiro atoms. The van der Waals surface area contributed by atoms with Gasteiger partial charge in [0.1, 0.15) is 5.75 Å². The molecule has 1 aromatic rings. The number of aliphatic hydroxyl groups excluding tert-OH is 2. The molecule has 0 fully saturated rings. The number of hydrogen-bond acceptors (Lipinski definition) is 5. The third-order valence-electron chi connectivity index (χ3n) is 3.13. The van der Waals surface area contributed by atoms with Crippen molar-refractivity contribution in [3.8, 4) is 5.75 Å². The van der Waals surface area contributed by atoms with Crippen LogP contribution in [-0.4, -0.2) is 43.6 Å². The number of rotatable bonds is 7. The van der Waals surface area contributed by atoms with Crippen molar-refractivity contribution in [1.82, 2.24) is 4.84 Å². The Bertz CT molecular complexity index is 421. The molecule has 1 heterocycles. The number of nitrogens with one attached hydrogen (secondary N) is 1. The van der Waals surface area contributed by atoms with Gasteiger partial charge < -0.3 is 19.6 Å². The summed E-state index contributed by atoms with van der Waals surface area (Å²) in [6.07, 6.45) is -0.395. The lowest BCUT2D eigenvalue weighted by molar-refractivity contribution is 0.0755. The first kappa shape index (κ1) is 14.6. The Morgan fingerprint density at radius 3 is 3.11 bits per heavy atom. The molecule has 0 saturated carbocycles. The monoisotopic (exact) mass is 285 g/mol. The summed E-state index contributed by atoms with van der Waals surface area (Å²) in [5, 5.41) is 18.0. The largest absolute Gasteiger partial charge is 0.494 e. The molecule has 0 aliphatic carbocycles. The van der Waals surface area contributed by atoms with E-state index in [0.717, 1.165) is 16.8 Å². The van der Waals surface area contributed by atoms with Gasteiger partial charge in [0.2, 0.25) is 0 Å². The highest BCUT2D eigenvalue weighted by atomic mass is 35.5. The van der Waals surface area contributed by atoms with Crippen LogP contribution in [0, 0.1) is 0 Å². The maximum absolute atomic E-state index is 9.26. The van der Waals surface area contributed by atoms with Gasteiger partial charge in [0.05, 0.1) is 25.4 Å². The number of fused-ring (bicyclic) bond motifs is 1. The molecule has 1 aliphatic rings. The van der Waals surface area contributed by atoms with Crippen LogP contribution in [0.1, 0.15) is 18.1 Å². The van der Waals surface area contributed by atoms with Crippen LogP contribution in [0.15, 0.2) is 18.2 Å². The number of hydrogen-bond donors (Lipinski definition) is 3. The van der Waals surface area contributed by atoms with Crippen LogP contribution >= 0.6 is 11.8 Å². The van der Waals surface area contributed by atoms with E-state index in [1.165, 1.54) is 0 Å². The lowest BCUT2D eigenvalue weighted by Crippen LogP contribution is -2.20. The van der Waals surface area contributed by atoms with Crippen molar-refractivity contribution in [3.63, 3.8) is 0 Å². The number of halogens is 1. The number of ether oxygens (including phenoxy) is 1. The molecule has 19 heavy (non-hydrogen) atoms. The van der Waals surface area contributed by atoms with Crippen molar-refractivity contribution in [2.24, 2.45) is 0 Å². The van der Waals surface area contributed by atoms with Crippen molar-refractivity contribution < 1.29 is 19.6 Å². The summed E-state index contributed by atoms with van der Waals surface area (Å²) >= 11 is 5.51. The molecule has 2 atom stereocenters. The average molecular weight is 286 g/mol. The van der Waals surface area contributed by atoms with Crippen molar-refractivity contribution in [2.75, 3.05) is 19.8 Å². The van der Waals surface area contributed by atoms with Gasteiger partial charge in [-0.05, 0) is 28.9 Å². The molecule has 0 radical (unpaired) electrons. The van der Waals surface area contributed by atoms with Gasteiger partial charge in [0.25, 0.3) is 0 Å². The minimum Gasteiger partial charge on any atom is -0.494 e. The van der Waals surface area contributed by atoms with Gasteiger partial charge in [-0.25, -0.2) is 4.84 Å². The average Bonchev–Trinajstić information content (AvgIpc) is 2.83. The molecule has 1 aliphatic heterocycles. The maximum atomic E-state index is 9.26. The van der Waals surface area contributed by atoms with Crippen molar-refractivity contribution in [2.45, 2.75) is 18.6 Å². The molecule has 5 nitrogen and oxygen atoms in total. The fraction of sp³-hybridized carbons (Fsp3) is 0.500. The highest BCUT2D eigenvalue weighted by Crippen LogP contribution is 2.24. The van der Waals surface area contributed by atoms with Crippen LogP contribution in [0.5, 0.6) is 5.75 Å². The molecule has 104 valence electrons. The van der Waals surface area contributed by atoms with E-state index in [2.05, 4.69) is 4.84 Å². The SMILES string of the molecule is OC[C@H](O)CCOc1cccc2c1BOC2CNCl. The topological polar surface area (TPSA) is 71.0 Å². The van der Waals surface area contributed by atoms with Gasteiger partial charge in [-0.15, -0.1) is 0 Å². The highest BCUT2D eigenvalue weighted by molar-refractivity contribution is 6.50. The number of aliphatic hydroxyl groups is 2. The van der Waals surface area contributed by atoms with Gasteiger partial charge in [-0.2, -0.15) is 0 Å². The number of benzene rings is 1. The van der Waals surface area contributed by atoms with Crippen LogP contribution in [0.25, 0.3) is 0 Å². The van der Waals surface area contributed by atoms with Gasteiger partial charge in [0.15, 0.2) is 0 Å². The first-order valence-corrected chi connectivity index (χ1v) is 6.62. The van der Waals surface area contributed by atoms with E-state index < -0.39 is 6.10 Å². The van der Waals surface area contributed by atoms with Crippen LogP contribution in [0.3, 0.4) is 0 Å². The Balaban J connectivity index is 1.99. The lowest BCUT2D eigenvalue weighted by atomic mass is 9.85. The zero-order chi connectivity index (χ0) is 13.7. The molecule has 7 heteroatoms. The fourth-order valence-corrected chi connectivity index (χ4v) is 2.22. The molecule has 2 rings (SSSR count). The molecule has 0 saturated heterocycles. The summed E-state index contributed by atoms with van der Waals surface area (Å²) in [6, 6.07) is 5.78. The molecular weight excluding hydrogens is 268 g/mol. The minimum absolute atomic E-state index is 0.0564. The maximum Gasteiger partial charge on any atom is 0.313 e. The van der Waals surface area contributed by atoms with Crippen LogP contribution in [-0.2, 0) is 4.65 Å². The first-order valence-electron chi connectivity index (χ1n) is 6.25. The molecule has 1 aromatic carbocycles. The van der Waals surface area contributed by atoms with E-state index >= 15 is 0 Å². The first-order chi connectivity index (χ1) is 9.26. The summed E-state index contributed by atoms with van der Waals surface area (Å²) in [5.74, 6) is 0.764. The van der Waals surface area contributed by atoms with Gasteiger partial charge in [0, 0.05) is 13.0 Å². The second-order valence-corrected chi connectivity index (χ2v) is 4.70. The zero-order valence-corrected chi connectivity index (χ0v) is 11.3. The quantitative estimate of drug-likeness (QED) is 0.470. The Kier molecular flexibility index (Phi) is 5.48. The molecule has 1 unspecified atom stereocenters. The predicted octanol–water partition coefficient (Wildman–Crippen LogP) is -0.400. The van der Waals surface area contributed by atoms with E-state index in [1.54, 1.807) is 0 Å².